The van der Waals surface area contributed by atoms with Crippen molar-refractivity contribution in [1.82, 2.24) is 4.90 Å². The van der Waals surface area contributed by atoms with E-state index in [1.807, 2.05) is 6.92 Å². The highest BCUT2D eigenvalue weighted by Crippen LogP contribution is 2.21. The van der Waals surface area contributed by atoms with Gasteiger partial charge in [0.25, 0.3) is 0 Å². The summed E-state index contributed by atoms with van der Waals surface area (Å²) >= 11 is 0. The smallest absolute Gasteiger partial charge is 0.422 e. The molecule has 1 aromatic carbocycles. The molecule has 0 radical (unpaired) electrons. The van der Waals surface area contributed by atoms with Crippen LogP contribution in [0.2, 0.25) is 0 Å². The molecule has 2 amide bonds. The predicted molar refractivity (Wildman–Crippen MR) is 76.0 cm³/mol. The third kappa shape index (κ3) is 6.66. The molecule has 2 N–H and O–H groups in total. The van der Waals surface area contributed by atoms with Crippen molar-refractivity contribution in [2.75, 3.05) is 31.6 Å². The fraction of sp³-hybridized carbons (Fsp3) is 0.500. The molecule has 1 rings (SSSR count). The fourth-order valence-electron chi connectivity index (χ4n) is 1.74. The number of hydrogen-bond acceptors (Lipinski definition) is 3. The van der Waals surface area contributed by atoms with Gasteiger partial charge in [-0.05, 0) is 18.6 Å². The van der Waals surface area contributed by atoms with Crippen molar-refractivity contribution >= 4 is 11.7 Å². The van der Waals surface area contributed by atoms with Crippen molar-refractivity contribution in [3.63, 3.8) is 0 Å². The van der Waals surface area contributed by atoms with Crippen LogP contribution in [0.3, 0.4) is 0 Å². The van der Waals surface area contributed by atoms with Gasteiger partial charge in [-0.2, -0.15) is 13.2 Å². The second-order valence-electron chi connectivity index (χ2n) is 4.57. The number of benzene rings is 1. The lowest BCUT2D eigenvalue weighted by molar-refractivity contribution is -0.153. The van der Waals surface area contributed by atoms with Crippen molar-refractivity contribution in [2.24, 2.45) is 0 Å². The monoisotopic (exact) mass is 320 g/mol. The Morgan fingerprint density at radius 1 is 1.36 bits per heavy atom. The zero-order chi connectivity index (χ0) is 16.6. The summed E-state index contributed by atoms with van der Waals surface area (Å²) in [5, 5.41) is 11.5. The molecule has 1 aromatic rings. The van der Waals surface area contributed by atoms with Crippen LogP contribution in [0.1, 0.15) is 13.3 Å². The van der Waals surface area contributed by atoms with Gasteiger partial charge >= 0.3 is 12.2 Å². The van der Waals surface area contributed by atoms with Crippen molar-refractivity contribution in [1.29, 1.82) is 0 Å². The molecule has 8 heteroatoms. The molecule has 0 aromatic heterocycles. The van der Waals surface area contributed by atoms with E-state index in [0.29, 0.717) is 12.2 Å². The van der Waals surface area contributed by atoms with Gasteiger partial charge in [0.15, 0.2) is 6.61 Å². The molecule has 0 bridgehead atoms. The molecule has 124 valence electrons. The highest BCUT2D eigenvalue weighted by Gasteiger charge is 2.28. The molecule has 0 saturated heterocycles. The molecule has 22 heavy (non-hydrogen) atoms. The maximum absolute atomic E-state index is 12.1. The first-order valence-corrected chi connectivity index (χ1v) is 6.82. The van der Waals surface area contributed by atoms with Gasteiger partial charge in [0.2, 0.25) is 0 Å². The van der Waals surface area contributed by atoms with E-state index in [1.54, 1.807) is 6.07 Å². The second kappa shape index (κ2) is 8.47. The summed E-state index contributed by atoms with van der Waals surface area (Å²) in [5.74, 6) is 0.0133. The van der Waals surface area contributed by atoms with Gasteiger partial charge in [0.1, 0.15) is 5.75 Å². The van der Waals surface area contributed by atoms with Crippen LogP contribution in [0, 0.1) is 0 Å². The third-order valence-corrected chi connectivity index (χ3v) is 2.64. The van der Waals surface area contributed by atoms with Gasteiger partial charge < -0.3 is 20.1 Å². The van der Waals surface area contributed by atoms with Crippen LogP contribution in [-0.2, 0) is 0 Å². The average Bonchev–Trinajstić information content (AvgIpc) is 2.44. The molecule has 0 atom stereocenters. The van der Waals surface area contributed by atoms with E-state index >= 15 is 0 Å². The number of urea groups is 1. The van der Waals surface area contributed by atoms with Gasteiger partial charge in [-0.1, -0.05) is 13.0 Å². The molecule has 0 unspecified atom stereocenters. The summed E-state index contributed by atoms with van der Waals surface area (Å²) in [6, 6.07) is 5.29. The molecule has 0 heterocycles. The number of alkyl halides is 3. The Kier molecular flexibility index (Phi) is 6.97. The molecular weight excluding hydrogens is 301 g/mol. The van der Waals surface area contributed by atoms with Crippen LogP contribution in [0.25, 0.3) is 0 Å². The highest BCUT2D eigenvalue weighted by atomic mass is 19.4. The molecular formula is C14H19F3N2O3. The topological polar surface area (TPSA) is 61.8 Å². The van der Waals surface area contributed by atoms with Crippen LogP contribution in [0.5, 0.6) is 5.75 Å². The molecule has 0 saturated carbocycles. The van der Waals surface area contributed by atoms with E-state index in [0.717, 1.165) is 6.42 Å². The lowest BCUT2D eigenvalue weighted by Crippen LogP contribution is -2.37. The Labute approximate surface area is 126 Å². The van der Waals surface area contributed by atoms with E-state index in [2.05, 4.69) is 10.1 Å². The first kappa shape index (κ1) is 18.1. The summed E-state index contributed by atoms with van der Waals surface area (Å²) < 4.78 is 40.9. The van der Waals surface area contributed by atoms with Crippen molar-refractivity contribution < 1.29 is 27.8 Å². The number of hydrogen-bond donors (Lipinski definition) is 2. The predicted octanol–water partition coefficient (Wildman–Crippen LogP) is 2.86. The Morgan fingerprint density at radius 3 is 2.68 bits per heavy atom. The number of rotatable bonds is 7. The number of carbonyl (C=O) groups is 1. The number of carbonyl (C=O) groups excluding carboxylic acids is 1. The van der Waals surface area contributed by atoms with E-state index in [4.69, 9.17) is 5.11 Å². The van der Waals surface area contributed by atoms with Crippen LogP contribution in [0.4, 0.5) is 23.7 Å². The number of halogens is 3. The number of anilines is 1. The molecule has 0 spiro atoms. The molecule has 5 nitrogen and oxygen atoms in total. The zero-order valence-electron chi connectivity index (χ0n) is 12.2. The van der Waals surface area contributed by atoms with E-state index in [9.17, 15) is 18.0 Å². The Balaban J connectivity index is 2.66. The molecule has 0 aliphatic rings. The largest absolute Gasteiger partial charge is 0.484 e. The van der Waals surface area contributed by atoms with E-state index in [-0.39, 0.29) is 18.9 Å². The van der Waals surface area contributed by atoms with E-state index < -0.39 is 18.8 Å². The summed E-state index contributed by atoms with van der Waals surface area (Å²) in [6.45, 7) is 0.989. The number of ether oxygens (including phenoxy) is 1. The fourth-order valence-corrected chi connectivity index (χ4v) is 1.74. The summed E-state index contributed by atoms with van der Waals surface area (Å²) in [4.78, 5) is 13.4. The highest BCUT2D eigenvalue weighted by molar-refractivity contribution is 5.89. The average molecular weight is 320 g/mol. The first-order valence-electron chi connectivity index (χ1n) is 6.82. The number of amides is 2. The zero-order valence-corrected chi connectivity index (χ0v) is 12.2. The van der Waals surface area contributed by atoms with Crippen molar-refractivity contribution in [3.8, 4) is 5.75 Å². The number of nitrogens with one attached hydrogen (secondary N) is 1. The summed E-state index contributed by atoms with van der Waals surface area (Å²) in [6.07, 6.45) is -3.69. The first-order chi connectivity index (χ1) is 10.4. The number of aliphatic hydroxyl groups is 1. The van der Waals surface area contributed by atoms with Gasteiger partial charge in [0.05, 0.1) is 6.61 Å². The quantitative estimate of drug-likeness (QED) is 0.812. The Bertz CT molecular complexity index is 475. The SMILES string of the molecule is CCCN(CCO)C(=O)Nc1cccc(OCC(F)(F)F)c1. The van der Waals surface area contributed by atoms with Gasteiger partial charge in [-0.25, -0.2) is 4.79 Å². The van der Waals surface area contributed by atoms with Gasteiger partial charge in [-0.3, -0.25) is 0 Å². The normalized spacial score (nSPS) is 11.1. The van der Waals surface area contributed by atoms with Crippen molar-refractivity contribution in [3.05, 3.63) is 24.3 Å². The Hall–Kier alpha value is -1.96. The maximum Gasteiger partial charge on any atom is 0.422 e. The van der Waals surface area contributed by atoms with Crippen LogP contribution < -0.4 is 10.1 Å². The lowest BCUT2D eigenvalue weighted by atomic mass is 10.3. The summed E-state index contributed by atoms with van der Waals surface area (Å²) in [7, 11) is 0. The number of nitrogens with zero attached hydrogens (tertiary/aromatic N) is 1. The molecule has 0 fully saturated rings. The van der Waals surface area contributed by atoms with Gasteiger partial charge in [-0.15, -0.1) is 0 Å². The minimum Gasteiger partial charge on any atom is -0.484 e. The third-order valence-electron chi connectivity index (χ3n) is 2.64. The Morgan fingerprint density at radius 2 is 2.09 bits per heavy atom. The summed E-state index contributed by atoms with van der Waals surface area (Å²) in [5.41, 5.74) is 0.323. The van der Waals surface area contributed by atoms with Gasteiger partial charge in [0, 0.05) is 24.8 Å². The maximum atomic E-state index is 12.1. The second-order valence-corrected chi connectivity index (χ2v) is 4.57. The minimum atomic E-state index is -4.42. The molecule has 0 aliphatic heterocycles. The minimum absolute atomic E-state index is 0.0133. The lowest BCUT2D eigenvalue weighted by Gasteiger charge is -2.21. The standard InChI is InChI=1S/C14H19F3N2O3/c1-2-6-19(7-8-20)13(21)18-11-4-3-5-12(9-11)22-10-14(15,16)17/h3-5,9,20H,2,6-8,10H2,1H3,(H,18,21). The van der Waals surface area contributed by atoms with Crippen LogP contribution >= 0.6 is 0 Å². The van der Waals surface area contributed by atoms with Crippen molar-refractivity contribution in [2.45, 2.75) is 19.5 Å². The van der Waals surface area contributed by atoms with Crippen LogP contribution in [-0.4, -0.2) is 48.5 Å². The number of aliphatic hydroxyl groups excluding tert-OH is 1. The van der Waals surface area contributed by atoms with Crippen LogP contribution in [0.15, 0.2) is 24.3 Å². The molecule has 0 aliphatic carbocycles. The van der Waals surface area contributed by atoms with E-state index in [1.165, 1.54) is 23.1 Å².